The molecule has 0 aromatic carbocycles. The van der Waals surface area contributed by atoms with Crippen LogP contribution in [0.5, 0.6) is 0 Å². The highest BCUT2D eigenvalue weighted by atomic mass is 32.1. The Balaban J connectivity index is 1.39. The summed E-state index contributed by atoms with van der Waals surface area (Å²) in [5.74, 6) is 0.0541. The third-order valence-electron chi connectivity index (χ3n) is 5.38. The van der Waals surface area contributed by atoms with Crippen LogP contribution >= 0.6 is 22.7 Å². The van der Waals surface area contributed by atoms with Crippen LogP contribution < -0.4 is 5.56 Å². The maximum absolute atomic E-state index is 13.2. The second-order valence-electron chi connectivity index (χ2n) is 7.05. The van der Waals surface area contributed by atoms with Crippen LogP contribution in [-0.4, -0.2) is 36.7 Å². The summed E-state index contributed by atoms with van der Waals surface area (Å²) in [6.45, 7) is 1.00. The molecule has 1 atom stereocenters. The fraction of sp³-hybridized carbons (Fsp3) is 0.300. The molecule has 0 fully saturated rings. The highest BCUT2D eigenvalue weighted by Gasteiger charge is 2.33. The summed E-state index contributed by atoms with van der Waals surface area (Å²) in [5, 5.41) is 8.71. The van der Waals surface area contributed by atoms with E-state index in [4.69, 9.17) is 0 Å². The number of carbonyl (C=O) groups is 1. The fourth-order valence-electron chi connectivity index (χ4n) is 3.92. The first-order valence-corrected chi connectivity index (χ1v) is 11.2. The van der Waals surface area contributed by atoms with Gasteiger partial charge in [0.1, 0.15) is 5.39 Å². The van der Waals surface area contributed by atoms with Crippen LogP contribution in [0.2, 0.25) is 0 Å². The number of carbonyl (C=O) groups excluding carboxylic acids is 1. The molecule has 4 aromatic rings. The van der Waals surface area contributed by atoms with Crippen molar-refractivity contribution < 1.29 is 4.79 Å². The van der Waals surface area contributed by atoms with Crippen molar-refractivity contribution in [2.45, 2.75) is 25.4 Å². The summed E-state index contributed by atoms with van der Waals surface area (Å²) in [5.41, 5.74) is 1.62. The van der Waals surface area contributed by atoms with Gasteiger partial charge in [-0.15, -0.1) is 22.7 Å². The number of nitrogens with zero attached hydrogens (tertiary/aromatic N) is 5. The van der Waals surface area contributed by atoms with Gasteiger partial charge in [-0.2, -0.15) is 5.10 Å². The fourth-order valence-corrected chi connectivity index (χ4v) is 5.68. The van der Waals surface area contributed by atoms with Crippen molar-refractivity contribution in [1.82, 2.24) is 24.2 Å². The molecule has 0 saturated carbocycles. The molecule has 0 spiro atoms. The second kappa shape index (κ2) is 7.23. The van der Waals surface area contributed by atoms with Gasteiger partial charge in [0.25, 0.3) is 5.56 Å². The molecule has 1 amide bonds. The second-order valence-corrected chi connectivity index (χ2v) is 9.03. The lowest BCUT2D eigenvalue weighted by Crippen LogP contribution is -2.40. The summed E-state index contributed by atoms with van der Waals surface area (Å²) >= 11 is 3.43. The molecule has 9 heteroatoms. The van der Waals surface area contributed by atoms with Crippen LogP contribution in [0.4, 0.5) is 0 Å². The van der Waals surface area contributed by atoms with E-state index in [-0.39, 0.29) is 23.9 Å². The van der Waals surface area contributed by atoms with Gasteiger partial charge >= 0.3 is 0 Å². The maximum Gasteiger partial charge on any atom is 0.264 e. The summed E-state index contributed by atoms with van der Waals surface area (Å²) in [6.07, 6.45) is 4.17. The third kappa shape index (κ3) is 3.10. The van der Waals surface area contributed by atoms with Gasteiger partial charge in [0, 0.05) is 36.3 Å². The molecule has 148 valence electrons. The number of hydrogen-bond donors (Lipinski definition) is 0. The Morgan fingerprint density at radius 1 is 1.28 bits per heavy atom. The van der Waals surface area contributed by atoms with E-state index in [1.54, 1.807) is 34.4 Å². The molecule has 0 radical (unpaired) electrons. The zero-order valence-corrected chi connectivity index (χ0v) is 17.4. The first kappa shape index (κ1) is 18.3. The molecule has 5 rings (SSSR count). The smallest absolute Gasteiger partial charge is 0.264 e. The van der Waals surface area contributed by atoms with Crippen molar-refractivity contribution in [3.05, 3.63) is 67.2 Å². The minimum atomic E-state index is -0.163. The van der Waals surface area contributed by atoms with Crippen molar-refractivity contribution in [1.29, 1.82) is 0 Å². The minimum Gasteiger partial charge on any atom is -0.330 e. The van der Waals surface area contributed by atoms with Gasteiger partial charge in [0.2, 0.25) is 5.91 Å². The Kier molecular flexibility index (Phi) is 4.56. The van der Waals surface area contributed by atoms with Crippen molar-refractivity contribution in [2.24, 2.45) is 7.05 Å². The first-order chi connectivity index (χ1) is 14.1. The molecule has 0 saturated heterocycles. The topological polar surface area (TPSA) is 73.0 Å². The van der Waals surface area contributed by atoms with Gasteiger partial charge in [-0.3, -0.25) is 18.8 Å². The van der Waals surface area contributed by atoms with Gasteiger partial charge in [0.05, 0.1) is 18.6 Å². The maximum atomic E-state index is 13.2. The monoisotopic (exact) mass is 425 g/mol. The van der Waals surface area contributed by atoms with Crippen LogP contribution in [0.25, 0.3) is 11.0 Å². The molecule has 5 heterocycles. The average Bonchev–Trinajstić information content (AvgIpc) is 3.48. The lowest BCUT2D eigenvalue weighted by molar-refractivity contribution is -0.133. The standard InChI is InChI=1S/C20H19N5O2S2/c1-23-19-14(11-22-23)20(27)24(12-21-19)7-5-17(26)25-8-4-15-13(6-10-29-15)18(25)16-3-2-9-28-16/h2-3,6,9-12,18H,4-5,7-8H2,1H3/t18-/m0/s1. The number of aromatic nitrogens is 4. The van der Waals surface area contributed by atoms with E-state index in [0.717, 1.165) is 6.42 Å². The van der Waals surface area contributed by atoms with Crippen molar-refractivity contribution in [3.8, 4) is 0 Å². The summed E-state index contributed by atoms with van der Waals surface area (Å²) < 4.78 is 3.08. The van der Waals surface area contributed by atoms with E-state index >= 15 is 0 Å². The van der Waals surface area contributed by atoms with E-state index < -0.39 is 0 Å². The Labute approximate surface area is 174 Å². The van der Waals surface area contributed by atoms with E-state index in [1.165, 1.54) is 32.4 Å². The van der Waals surface area contributed by atoms with Gasteiger partial charge in [-0.05, 0) is 34.9 Å². The van der Waals surface area contributed by atoms with Crippen LogP contribution in [0.3, 0.4) is 0 Å². The van der Waals surface area contributed by atoms with Gasteiger partial charge in [-0.25, -0.2) is 4.98 Å². The van der Waals surface area contributed by atoms with Gasteiger partial charge in [-0.1, -0.05) is 6.07 Å². The predicted octanol–water partition coefficient (Wildman–Crippen LogP) is 2.82. The van der Waals surface area contributed by atoms with Crippen molar-refractivity contribution >= 4 is 39.6 Å². The van der Waals surface area contributed by atoms with Crippen molar-refractivity contribution in [2.75, 3.05) is 6.54 Å². The highest BCUT2D eigenvalue weighted by molar-refractivity contribution is 7.10. The number of amides is 1. The molecule has 0 N–H and O–H groups in total. The molecule has 0 bridgehead atoms. The lowest BCUT2D eigenvalue weighted by Gasteiger charge is -2.35. The highest BCUT2D eigenvalue weighted by Crippen LogP contribution is 2.39. The molecular formula is C20H19N5O2S2. The largest absolute Gasteiger partial charge is 0.330 e. The van der Waals surface area contributed by atoms with E-state index in [2.05, 4.69) is 27.6 Å². The Hall–Kier alpha value is -2.78. The van der Waals surface area contributed by atoms with Gasteiger partial charge < -0.3 is 4.90 Å². The number of fused-ring (bicyclic) bond motifs is 2. The molecule has 1 aliphatic rings. The quantitative estimate of drug-likeness (QED) is 0.504. The molecular weight excluding hydrogens is 406 g/mol. The van der Waals surface area contributed by atoms with Crippen molar-refractivity contribution in [3.63, 3.8) is 0 Å². The molecule has 0 unspecified atom stereocenters. The number of thiophene rings is 2. The number of aryl methyl sites for hydroxylation is 2. The SMILES string of the molecule is Cn1ncc2c(=O)n(CCC(=O)N3CCc4sccc4[C@H]3c3cccs3)cnc21. The molecule has 29 heavy (non-hydrogen) atoms. The summed E-state index contributed by atoms with van der Waals surface area (Å²) in [7, 11) is 1.75. The van der Waals surface area contributed by atoms with Gasteiger partial charge in [0.15, 0.2) is 5.65 Å². The summed E-state index contributed by atoms with van der Waals surface area (Å²) in [4.78, 5) is 34.6. The normalized spacial score (nSPS) is 16.3. The Bertz CT molecular complexity index is 1240. The zero-order valence-electron chi connectivity index (χ0n) is 15.8. The van der Waals surface area contributed by atoms with Crippen LogP contribution in [-0.2, 0) is 24.8 Å². The lowest BCUT2D eigenvalue weighted by atomic mass is 9.98. The summed E-state index contributed by atoms with van der Waals surface area (Å²) in [6, 6.07) is 6.22. The molecule has 7 nitrogen and oxygen atoms in total. The third-order valence-corrected chi connectivity index (χ3v) is 7.30. The van der Waals surface area contributed by atoms with Crippen LogP contribution in [0, 0.1) is 0 Å². The Morgan fingerprint density at radius 3 is 3.00 bits per heavy atom. The van der Waals surface area contributed by atoms with E-state index in [9.17, 15) is 9.59 Å². The Morgan fingerprint density at radius 2 is 2.17 bits per heavy atom. The average molecular weight is 426 g/mol. The zero-order chi connectivity index (χ0) is 20.0. The van der Waals surface area contributed by atoms with Crippen LogP contribution in [0.1, 0.15) is 27.8 Å². The predicted molar refractivity (Wildman–Crippen MR) is 113 cm³/mol. The number of hydrogen-bond acceptors (Lipinski definition) is 6. The molecule has 0 aliphatic carbocycles. The first-order valence-electron chi connectivity index (χ1n) is 9.40. The molecule has 4 aromatic heterocycles. The number of rotatable bonds is 4. The van der Waals surface area contributed by atoms with Crippen LogP contribution in [0.15, 0.2) is 46.3 Å². The van der Waals surface area contributed by atoms with E-state index in [1.807, 2.05) is 16.3 Å². The minimum absolute atomic E-state index is 0.0341. The molecule has 1 aliphatic heterocycles. The van der Waals surface area contributed by atoms with E-state index in [0.29, 0.717) is 24.1 Å².